The Morgan fingerprint density at radius 1 is 1.47 bits per heavy atom. The molecule has 0 saturated heterocycles. The first-order valence-corrected chi connectivity index (χ1v) is 6.15. The number of hydrogen-bond acceptors (Lipinski definition) is 3. The van der Waals surface area contributed by atoms with Crippen molar-refractivity contribution in [1.82, 2.24) is 9.55 Å². The van der Waals surface area contributed by atoms with Crippen LogP contribution in [0, 0.1) is 11.3 Å². The third-order valence-electron chi connectivity index (χ3n) is 3.31. The van der Waals surface area contributed by atoms with Gasteiger partial charge in [0.15, 0.2) is 5.82 Å². The molecule has 1 aromatic rings. The molecule has 0 bridgehead atoms. The zero-order valence-electron chi connectivity index (χ0n) is 11.4. The molecule has 4 nitrogen and oxygen atoms in total. The van der Waals surface area contributed by atoms with Gasteiger partial charge in [0.1, 0.15) is 0 Å². The van der Waals surface area contributed by atoms with Crippen LogP contribution in [0.25, 0.3) is 0 Å². The van der Waals surface area contributed by atoms with Crippen molar-refractivity contribution in [2.24, 2.45) is 11.3 Å². The van der Waals surface area contributed by atoms with Crippen molar-refractivity contribution in [2.75, 3.05) is 11.9 Å². The summed E-state index contributed by atoms with van der Waals surface area (Å²) in [6, 6.07) is 0. The molecule has 1 unspecified atom stereocenters. The topological polar surface area (TPSA) is 46.9 Å². The van der Waals surface area contributed by atoms with Crippen LogP contribution in [0.4, 0.5) is 5.82 Å². The second kappa shape index (κ2) is 5.34. The Labute approximate surface area is 103 Å². The van der Waals surface area contributed by atoms with Gasteiger partial charge in [0, 0.05) is 25.5 Å². The zero-order valence-corrected chi connectivity index (χ0v) is 11.4. The molecule has 1 rings (SSSR count). The summed E-state index contributed by atoms with van der Waals surface area (Å²) in [7, 11) is 0. The lowest BCUT2D eigenvalue weighted by molar-refractivity contribution is 0.274. The van der Waals surface area contributed by atoms with Crippen molar-refractivity contribution in [3.63, 3.8) is 0 Å². The van der Waals surface area contributed by atoms with E-state index in [1.807, 2.05) is 6.92 Å². The van der Waals surface area contributed by atoms with Crippen LogP contribution in [0.1, 0.15) is 34.6 Å². The number of hydrogen-bond donors (Lipinski definition) is 1. The maximum Gasteiger partial charge on any atom is 0.293 e. The minimum Gasteiger partial charge on any atom is -0.365 e. The number of rotatable bonds is 4. The molecule has 0 aliphatic carbocycles. The molecule has 0 aromatic carbocycles. The third kappa shape index (κ3) is 3.58. The predicted octanol–water partition coefficient (Wildman–Crippen LogP) is 2.36. The van der Waals surface area contributed by atoms with E-state index < -0.39 is 0 Å². The van der Waals surface area contributed by atoms with Crippen LogP contribution in [0.15, 0.2) is 17.2 Å². The summed E-state index contributed by atoms with van der Waals surface area (Å²) < 4.78 is 1.65. The quantitative estimate of drug-likeness (QED) is 0.874. The van der Waals surface area contributed by atoms with E-state index in [-0.39, 0.29) is 11.0 Å². The fourth-order valence-electron chi connectivity index (χ4n) is 1.37. The van der Waals surface area contributed by atoms with Gasteiger partial charge in [-0.3, -0.25) is 4.79 Å². The van der Waals surface area contributed by atoms with E-state index in [9.17, 15) is 4.79 Å². The van der Waals surface area contributed by atoms with Crippen LogP contribution >= 0.6 is 0 Å². The maximum atomic E-state index is 11.9. The number of aryl methyl sites for hydroxylation is 1. The van der Waals surface area contributed by atoms with Crippen LogP contribution in [-0.4, -0.2) is 16.1 Å². The molecule has 1 N–H and O–H groups in total. The summed E-state index contributed by atoms with van der Waals surface area (Å²) in [6.45, 7) is 12.1. The molecule has 0 spiro atoms. The van der Waals surface area contributed by atoms with Gasteiger partial charge in [-0.05, 0) is 18.3 Å². The lowest BCUT2D eigenvalue weighted by atomic mass is 9.82. The van der Waals surface area contributed by atoms with Gasteiger partial charge in [-0.2, -0.15) is 0 Å². The lowest BCUT2D eigenvalue weighted by Crippen LogP contribution is -2.29. The Morgan fingerprint density at radius 2 is 2.12 bits per heavy atom. The molecular weight excluding hydrogens is 214 g/mol. The summed E-state index contributed by atoms with van der Waals surface area (Å²) >= 11 is 0. The van der Waals surface area contributed by atoms with Crippen molar-refractivity contribution < 1.29 is 0 Å². The molecule has 4 heteroatoms. The van der Waals surface area contributed by atoms with Crippen LogP contribution in [0.3, 0.4) is 0 Å². The highest BCUT2D eigenvalue weighted by Gasteiger charge is 2.20. The average Bonchev–Trinajstić information content (AvgIpc) is 2.26. The first-order chi connectivity index (χ1) is 7.86. The fourth-order valence-corrected chi connectivity index (χ4v) is 1.37. The zero-order chi connectivity index (χ0) is 13.1. The largest absolute Gasteiger partial charge is 0.365 e. The Balaban J connectivity index is 2.74. The maximum absolute atomic E-state index is 11.9. The van der Waals surface area contributed by atoms with Crippen molar-refractivity contribution in [1.29, 1.82) is 0 Å². The minimum atomic E-state index is -0.0453. The standard InChI is InChI=1S/C13H23N3O/c1-6-16-8-7-14-11(12(16)17)15-9-10(2)13(3,4)5/h7-8,10H,6,9H2,1-5H3,(H,14,15). The molecule has 0 amide bonds. The van der Waals surface area contributed by atoms with Crippen molar-refractivity contribution in [3.8, 4) is 0 Å². The normalized spacial score (nSPS) is 13.5. The number of nitrogens with zero attached hydrogens (tertiary/aromatic N) is 2. The van der Waals surface area contributed by atoms with E-state index in [4.69, 9.17) is 0 Å². The summed E-state index contributed by atoms with van der Waals surface area (Å²) in [5.74, 6) is 0.921. The summed E-state index contributed by atoms with van der Waals surface area (Å²) in [5, 5.41) is 3.15. The van der Waals surface area contributed by atoms with Gasteiger partial charge in [0.2, 0.25) is 0 Å². The molecule has 0 fully saturated rings. The van der Waals surface area contributed by atoms with Gasteiger partial charge in [0.05, 0.1) is 0 Å². The SMILES string of the molecule is CCn1ccnc(NCC(C)C(C)(C)C)c1=O. The molecule has 0 aliphatic rings. The van der Waals surface area contributed by atoms with Gasteiger partial charge in [-0.15, -0.1) is 0 Å². The Kier molecular flexibility index (Phi) is 4.32. The van der Waals surface area contributed by atoms with E-state index in [1.165, 1.54) is 0 Å². The second-order valence-corrected chi connectivity index (χ2v) is 5.51. The smallest absolute Gasteiger partial charge is 0.293 e. The highest BCUT2D eigenvalue weighted by molar-refractivity contribution is 5.30. The monoisotopic (exact) mass is 237 g/mol. The van der Waals surface area contributed by atoms with Gasteiger partial charge in [-0.25, -0.2) is 4.98 Å². The number of nitrogens with one attached hydrogen (secondary N) is 1. The van der Waals surface area contributed by atoms with Crippen LogP contribution in [-0.2, 0) is 6.54 Å². The highest BCUT2D eigenvalue weighted by atomic mass is 16.1. The molecule has 0 saturated carbocycles. The molecule has 0 radical (unpaired) electrons. The van der Waals surface area contributed by atoms with E-state index in [0.717, 1.165) is 6.54 Å². The molecule has 1 atom stereocenters. The average molecular weight is 237 g/mol. The first-order valence-electron chi connectivity index (χ1n) is 6.15. The molecule has 17 heavy (non-hydrogen) atoms. The molecule has 96 valence electrons. The minimum absolute atomic E-state index is 0.0453. The van der Waals surface area contributed by atoms with E-state index in [2.05, 4.69) is 38.0 Å². The number of aromatic nitrogens is 2. The first kappa shape index (κ1) is 13.7. The Bertz CT molecular complexity index is 417. The third-order valence-corrected chi connectivity index (χ3v) is 3.31. The van der Waals surface area contributed by atoms with E-state index >= 15 is 0 Å². The Morgan fingerprint density at radius 3 is 2.65 bits per heavy atom. The molecule has 0 aliphatic heterocycles. The fraction of sp³-hybridized carbons (Fsp3) is 0.692. The lowest BCUT2D eigenvalue weighted by Gasteiger charge is -2.27. The van der Waals surface area contributed by atoms with Crippen LogP contribution in [0.5, 0.6) is 0 Å². The Hall–Kier alpha value is -1.32. The van der Waals surface area contributed by atoms with Crippen LogP contribution in [0.2, 0.25) is 0 Å². The second-order valence-electron chi connectivity index (χ2n) is 5.51. The van der Waals surface area contributed by atoms with Gasteiger partial charge < -0.3 is 9.88 Å². The van der Waals surface area contributed by atoms with E-state index in [0.29, 0.717) is 18.3 Å². The van der Waals surface area contributed by atoms with Gasteiger partial charge >= 0.3 is 0 Å². The van der Waals surface area contributed by atoms with Crippen molar-refractivity contribution in [2.45, 2.75) is 41.2 Å². The summed E-state index contributed by atoms with van der Waals surface area (Å²) in [5.41, 5.74) is 0.182. The van der Waals surface area contributed by atoms with Crippen molar-refractivity contribution in [3.05, 3.63) is 22.7 Å². The van der Waals surface area contributed by atoms with Crippen LogP contribution < -0.4 is 10.9 Å². The molecule has 1 heterocycles. The summed E-state index contributed by atoms with van der Waals surface area (Å²) in [4.78, 5) is 16.0. The van der Waals surface area contributed by atoms with Crippen molar-refractivity contribution >= 4 is 5.82 Å². The van der Waals surface area contributed by atoms with Gasteiger partial charge in [0.25, 0.3) is 5.56 Å². The van der Waals surface area contributed by atoms with E-state index in [1.54, 1.807) is 17.0 Å². The molecular formula is C13H23N3O. The van der Waals surface area contributed by atoms with Gasteiger partial charge in [-0.1, -0.05) is 27.7 Å². The predicted molar refractivity (Wildman–Crippen MR) is 71.3 cm³/mol. The highest BCUT2D eigenvalue weighted by Crippen LogP contribution is 2.24. The molecule has 1 aromatic heterocycles. The number of anilines is 1. The summed E-state index contributed by atoms with van der Waals surface area (Å²) in [6.07, 6.45) is 3.37.